The predicted molar refractivity (Wildman–Crippen MR) is 180 cm³/mol. The van der Waals surface area contributed by atoms with Crippen molar-refractivity contribution in [2.45, 2.75) is 64.2 Å². The first-order chi connectivity index (χ1) is 23.3. The van der Waals surface area contributed by atoms with Crippen molar-refractivity contribution in [3.8, 4) is 5.75 Å². The highest BCUT2D eigenvalue weighted by atomic mass is 32.2. The number of halogens is 1. The summed E-state index contributed by atoms with van der Waals surface area (Å²) in [6.45, 7) is 7.10. The van der Waals surface area contributed by atoms with Gasteiger partial charge in [0.25, 0.3) is 0 Å². The van der Waals surface area contributed by atoms with Gasteiger partial charge in [0.05, 0.1) is 37.9 Å². The number of esters is 1. The van der Waals surface area contributed by atoms with Crippen molar-refractivity contribution in [1.82, 2.24) is 34.2 Å². The third-order valence-electron chi connectivity index (χ3n) is 6.63. The van der Waals surface area contributed by atoms with Crippen molar-refractivity contribution in [3.05, 3.63) is 65.5 Å². The van der Waals surface area contributed by atoms with Crippen LogP contribution in [0.3, 0.4) is 0 Å². The average molecular weight is 724 g/mol. The molecule has 0 unspecified atom stereocenters. The zero-order chi connectivity index (χ0) is 35.7. The number of para-hydroxylation sites is 1. The first-order valence-corrected chi connectivity index (χ1v) is 17.9. The number of fused-ring (bicyclic) bond motifs is 1. The molecule has 4 heterocycles. The van der Waals surface area contributed by atoms with Gasteiger partial charge in [-0.25, -0.2) is 29.2 Å². The molecule has 20 heteroatoms. The van der Waals surface area contributed by atoms with E-state index in [4.69, 9.17) is 35.3 Å². The maximum Gasteiger partial charge on any atom is 0.351 e. The zero-order valence-electron chi connectivity index (χ0n) is 27.2. The molecule has 1 aliphatic heterocycles. The number of aromatic nitrogens is 6. The van der Waals surface area contributed by atoms with Gasteiger partial charge in [0.15, 0.2) is 23.1 Å². The van der Waals surface area contributed by atoms with Gasteiger partial charge in [-0.1, -0.05) is 18.2 Å². The Morgan fingerprint density at radius 2 is 1.92 bits per heavy atom. The Hall–Kier alpha value is -4.13. The fraction of sp³-hybridized carbons (Fsp3) is 0.448. The molecule has 5 atom stereocenters. The number of carbonyl (C=O) groups excluding carboxylic acids is 1. The molecule has 266 valence electrons. The summed E-state index contributed by atoms with van der Waals surface area (Å²) < 4.78 is 51.7. The third-order valence-corrected chi connectivity index (χ3v) is 9.52. The lowest BCUT2D eigenvalue weighted by Gasteiger charge is -2.25. The van der Waals surface area contributed by atoms with Crippen LogP contribution in [0.15, 0.2) is 54.0 Å². The van der Waals surface area contributed by atoms with Crippen molar-refractivity contribution in [1.29, 1.82) is 0 Å². The number of hydrogen-bond donors (Lipinski definition) is 4. The second-order valence-electron chi connectivity index (χ2n) is 11.0. The standard InChI is InChI=1S/C21H29N6O5P.C8H10FN3O3S/c1-14(2)31-21(28)16(4)26-33(29,32-17-8-6-5-7-9-17)13-30-15(3)10-27-12-25-18-19(22)23-11-24-20(18)27;9-4-1-12(8(14)11-7(4)10)5-3-16-6(2-13)15-5/h5-9,11-12,14-16H,10,13H2,1-4H3,(H,26,29)(H2,22,23,24);1,5-6,13H,2-3H2,(H2,10,11,14)/t15-,16+,33-;5-,6+/m10/s1. The SMILES string of the molecule is CC(C)OC(=O)[C@H](C)N[P@@](=O)(CO[C@H](C)Cn1cnc2c(N)ncnc21)Oc1ccccc1.Nc1nc(=O)n([C@@H]2CS[C@H](CO)O2)cc1F. The van der Waals surface area contributed by atoms with Crippen molar-refractivity contribution in [2.24, 2.45) is 0 Å². The normalized spacial score (nSPS) is 18.3. The average Bonchev–Trinajstić information content (AvgIpc) is 3.70. The van der Waals surface area contributed by atoms with E-state index in [2.05, 4.69) is 25.0 Å². The van der Waals surface area contributed by atoms with Gasteiger partial charge in [0.2, 0.25) is 0 Å². The van der Waals surface area contributed by atoms with E-state index in [0.717, 1.165) is 10.8 Å². The van der Waals surface area contributed by atoms with Crippen LogP contribution < -0.4 is 26.8 Å². The number of ether oxygens (including phenoxy) is 3. The highest BCUT2D eigenvalue weighted by Gasteiger charge is 2.32. The maximum atomic E-state index is 13.6. The molecule has 49 heavy (non-hydrogen) atoms. The minimum absolute atomic E-state index is 0.152. The number of rotatable bonds is 13. The van der Waals surface area contributed by atoms with E-state index < -0.39 is 48.5 Å². The molecule has 6 N–H and O–H groups in total. The number of hydrogen-bond acceptors (Lipinski definition) is 15. The molecule has 1 aromatic carbocycles. The summed E-state index contributed by atoms with van der Waals surface area (Å²) in [5, 5.41) is 11.6. The number of nitrogens with zero attached hydrogens (tertiary/aromatic N) is 6. The molecule has 0 bridgehead atoms. The van der Waals surface area contributed by atoms with Crippen LogP contribution in [-0.4, -0.2) is 82.5 Å². The van der Waals surface area contributed by atoms with E-state index in [0.29, 0.717) is 35.0 Å². The fourth-order valence-electron chi connectivity index (χ4n) is 4.36. The lowest BCUT2D eigenvalue weighted by Crippen LogP contribution is -2.37. The van der Waals surface area contributed by atoms with Crippen LogP contribution >= 0.6 is 19.3 Å². The second-order valence-corrected chi connectivity index (χ2v) is 14.3. The van der Waals surface area contributed by atoms with Crippen molar-refractivity contribution in [2.75, 3.05) is 30.2 Å². The second kappa shape index (κ2) is 17.0. The molecular formula is C29H39FN9O8PS. The fourth-order valence-corrected chi connectivity index (χ4v) is 7.08. The quantitative estimate of drug-likeness (QED) is 0.115. The maximum absolute atomic E-state index is 13.6. The van der Waals surface area contributed by atoms with E-state index in [1.54, 1.807) is 55.9 Å². The largest absolute Gasteiger partial charge is 0.462 e. The molecule has 1 aliphatic rings. The molecule has 4 aromatic rings. The summed E-state index contributed by atoms with van der Waals surface area (Å²) in [5.74, 6) is -0.583. The lowest BCUT2D eigenvalue weighted by atomic mass is 10.3. The number of thioether (sulfide) groups is 1. The monoisotopic (exact) mass is 723 g/mol. The minimum Gasteiger partial charge on any atom is -0.462 e. The number of aliphatic hydroxyl groups excluding tert-OH is 1. The zero-order valence-corrected chi connectivity index (χ0v) is 28.9. The summed E-state index contributed by atoms with van der Waals surface area (Å²) in [6.07, 6.45) is 2.36. The van der Waals surface area contributed by atoms with Gasteiger partial charge in [-0.15, -0.1) is 11.8 Å². The number of benzene rings is 1. The van der Waals surface area contributed by atoms with Crippen LogP contribution in [0.25, 0.3) is 11.2 Å². The summed E-state index contributed by atoms with van der Waals surface area (Å²) in [6, 6.07) is 7.83. The number of carbonyl (C=O) groups is 1. The van der Waals surface area contributed by atoms with Crippen LogP contribution in [-0.2, 0) is 30.1 Å². The van der Waals surface area contributed by atoms with E-state index in [-0.39, 0.29) is 25.2 Å². The molecule has 0 radical (unpaired) electrons. The van der Waals surface area contributed by atoms with Gasteiger partial charge in [0.1, 0.15) is 41.6 Å². The Balaban J connectivity index is 0.000000281. The Bertz CT molecular complexity index is 1820. The van der Waals surface area contributed by atoms with Gasteiger partial charge < -0.3 is 39.9 Å². The first kappa shape index (κ1) is 37.7. The highest BCUT2D eigenvalue weighted by molar-refractivity contribution is 8.00. The van der Waals surface area contributed by atoms with Crippen LogP contribution in [0, 0.1) is 5.82 Å². The number of anilines is 2. The van der Waals surface area contributed by atoms with E-state index >= 15 is 0 Å². The minimum atomic E-state index is -3.64. The van der Waals surface area contributed by atoms with Crippen LogP contribution in [0.5, 0.6) is 5.75 Å². The number of nitrogen functional groups attached to an aromatic ring is 2. The Labute approximate surface area is 285 Å². The molecule has 5 rings (SSSR count). The lowest BCUT2D eigenvalue weighted by molar-refractivity contribution is -0.149. The molecule has 0 saturated carbocycles. The van der Waals surface area contributed by atoms with Crippen molar-refractivity contribution in [3.63, 3.8) is 0 Å². The van der Waals surface area contributed by atoms with Crippen molar-refractivity contribution >= 4 is 48.1 Å². The van der Waals surface area contributed by atoms with Gasteiger partial charge in [-0.2, -0.15) is 4.98 Å². The van der Waals surface area contributed by atoms with E-state index in [1.165, 1.54) is 18.1 Å². The smallest absolute Gasteiger partial charge is 0.351 e. The van der Waals surface area contributed by atoms with Crippen LogP contribution in [0.2, 0.25) is 0 Å². The van der Waals surface area contributed by atoms with E-state index in [1.807, 2.05) is 13.0 Å². The molecule has 0 aliphatic carbocycles. The van der Waals surface area contributed by atoms with Gasteiger partial charge >= 0.3 is 19.2 Å². The number of nitrogens with two attached hydrogens (primary N) is 2. The Morgan fingerprint density at radius 3 is 2.59 bits per heavy atom. The predicted octanol–water partition coefficient (Wildman–Crippen LogP) is 2.52. The van der Waals surface area contributed by atoms with Gasteiger partial charge in [0, 0.05) is 5.75 Å². The van der Waals surface area contributed by atoms with Gasteiger partial charge in [-0.3, -0.25) is 13.9 Å². The molecule has 1 fully saturated rings. The summed E-state index contributed by atoms with van der Waals surface area (Å²) in [5.41, 5.74) is 11.0. The summed E-state index contributed by atoms with van der Waals surface area (Å²) in [4.78, 5) is 39.4. The Kier molecular flexibility index (Phi) is 13.1. The van der Waals surface area contributed by atoms with Crippen LogP contribution in [0.1, 0.15) is 33.9 Å². The molecular weight excluding hydrogens is 684 g/mol. The summed E-state index contributed by atoms with van der Waals surface area (Å²) >= 11 is 1.35. The number of aliphatic hydroxyl groups is 1. The molecule has 0 spiro atoms. The van der Waals surface area contributed by atoms with E-state index in [9.17, 15) is 18.5 Å². The third kappa shape index (κ3) is 10.4. The molecule has 1 saturated heterocycles. The molecule has 17 nitrogen and oxygen atoms in total. The topological polar surface area (TPSA) is 234 Å². The highest BCUT2D eigenvalue weighted by Crippen LogP contribution is 2.44. The first-order valence-electron chi connectivity index (χ1n) is 15.1. The number of imidazole rings is 1. The van der Waals surface area contributed by atoms with Crippen LogP contribution in [0.4, 0.5) is 16.0 Å². The summed E-state index contributed by atoms with van der Waals surface area (Å²) in [7, 11) is -3.64. The number of nitrogens with one attached hydrogen (secondary N) is 1. The molecule has 0 amide bonds. The molecule has 3 aromatic heterocycles. The van der Waals surface area contributed by atoms with Gasteiger partial charge in [-0.05, 0) is 39.8 Å². The van der Waals surface area contributed by atoms with Crippen molar-refractivity contribution < 1.29 is 37.6 Å². The Morgan fingerprint density at radius 1 is 1.18 bits per heavy atom.